The number of nitrogens with zero attached hydrogens (tertiary/aromatic N) is 1. The first-order chi connectivity index (χ1) is 14.6. The molecule has 8 heteroatoms. The van der Waals surface area contributed by atoms with Crippen molar-refractivity contribution in [3.05, 3.63) is 60.3 Å². The van der Waals surface area contributed by atoms with E-state index in [1.54, 1.807) is 19.4 Å². The fraction of sp³-hybridized carbons (Fsp3) is 0.227. The third-order valence-electron chi connectivity index (χ3n) is 5.16. The number of benzene rings is 2. The number of carbonyl (C=O) groups is 3. The summed E-state index contributed by atoms with van der Waals surface area (Å²) in [5.41, 5.74) is 2.46. The van der Waals surface area contributed by atoms with Gasteiger partial charge in [-0.3, -0.25) is 14.5 Å². The number of imide groups is 1. The summed E-state index contributed by atoms with van der Waals surface area (Å²) < 4.78 is 5.31. The van der Waals surface area contributed by atoms with E-state index in [0.717, 1.165) is 21.4 Å². The fourth-order valence-electron chi connectivity index (χ4n) is 3.65. The van der Waals surface area contributed by atoms with Gasteiger partial charge in [0, 0.05) is 23.6 Å². The molecule has 4 rings (SSSR count). The lowest BCUT2D eigenvalue weighted by Gasteiger charge is -2.14. The Morgan fingerprint density at radius 1 is 1.13 bits per heavy atom. The summed E-state index contributed by atoms with van der Waals surface area (Å²) in [7, 11) is 1.58. The second kappa shape index (κ2) is 8.28. The van der Waals surface area contributed by atoms with E-state index in [9.17, 15) is 14.4 Å². The van der Waals surface area contributed by atoms with Gasteiger partial charge in [0.1, 0.15) is 11.8 Å². The Labute approximate surface area is 173 Å². The van der Waals surface area contributed by atoms with Gasteiger partial charge in [0.2, 0.25) is 5.91 Å². The van der Waals surface area contributed by atoms with Gasteiger partial charge in [-0.25, -0.2) is 4.79 Å². The zero-order valence-corrected chi connectivity index (χ0v) is 16.5. The van der Waals surface area contributed by atoms with Crippen molar-refractivity contribution in [2.75, 3.05) is 19.0 Å². The molecule has 8 nitrogen and oxygen atoms in total. The van der Waals surface area contributed by atoms with Gasteiger partial charge in [-0.2, -0.15) is 0 Å². The average Bonchev–Trinajstić information content (AvgIpc) is 3.32. The van der Waals surface area contributed by atoms with E-state index >= 15 is 0 Å². The van der Waals surface area contributed by atoms with E-state index in [4.69, 9.17) is 4.74 Å². The second-order valence-corrected chi connectivity index (χ2v) is 7.05. The molecule has 0 radical (unpaired) electrons. The Bertz CT molecular complexity index is 1110. The number of urea groups is 1. The summed E-state index contributed by atoms with van der Waals surface area (Å²) in [5.74, 6) is -0.0294. The van der Waals surface area contributed by atoms with Crippen LogP contribution in [0.15, 0.2) is 54.7 Å². The highest BCUT2D eigenvalue weighted by atomic mass is 16.5. The molecule has 0 bridgehead atoms. The van der Waals surface area contributed by atoms with Crippen molar-refractivity contribution in [3.8, 4) is 5.75 Å². The van der Waals surface area contributed by atoms with Crippen molar-refractivity contribution in [3.63, 3.8) is 0 Å². The van der Waals surface area contributed by atoms with Crippen molar-refractivity contribution in [1.29, 1.82) is 0 Å². The minimum Gasteiger partial charge on any atom is -0.496 e. The van der Waals surface area contributed by atoms with Crippen molar-refractivity contribution in [2.24, 2.45) is 0 Å². The number of anilines is 1. The standard InChI is InChI=1S/C22H22N4O4/c1-30-19-8-3-2-5-14(19)10-12-26-21(28)18(25-22(26)29)13-20(27)24-17-7-4-6-16-15(17)9-11-23-16/h2-9,11,18,23H,10,12-13H2,1H3,(H,24,27)(H,25,29). The molecule has 0 saturated carbocycles. The van der Waals surface area contributed by atoms with E-state index in [2.05, 4.69) is 15.6 Å². The number of aromatic amines is 1. The number of aromatic nitrogens is 1. The van der Waals surface area contributed by atoms with Gasteiger partial charge in [-0.1, -0.05) is 24.3 Å². The van der Waals surface area contributed by atoms with Gasteiger partial charge in [0.05, 0.1) is 19.2 Å². The van der Waals surface area contributed by atoms with Crippen molar-refractivity contribution < 1.29 is 19.1 Å². The SMILES string of the molecule is COc1ccccc1CCN1C(=O)NC(CC(=O)Nc2cccc3[nH]ccc23)C1=O. The van der Waals surface area contributed by atoms with Crippen LogP contribution in [0.4, 0.5) is 10.5 Å². The van der Waals surface area contributed by atoms with Gasteiger partial charge in [0.25, 0.3) is 5.91 Å². The van der Waals surface area contributed by atoms with Crippen molar-refractivity contribution >= 4 is 34.4 Å². The van der Waals surface area contributed by atoms with Crippen LogP contribution in [0, 0.1) is 0 Å². The minimum atomic E-state index is -0.874. The molecular formula is C22H22N4O4. The molecular weight excluding hydrogens is 384 g/mol. The molecule has 3 N–H and O–H groups in total. The summed E-state index contributed by atoms with van der Waals surface area (Å²) in [6, 6.07) is 13.5. The summed E-state index contributed by atoms with van der Waals surface area (Å²) in [4.78, 5) is 41.7. The van der Waals surface area contributed by atoms with Crippen LogP contribution in [0.25, 0.3) is 10.9 Å². The maximum Gasteiger partial charge on any atom is 0.324 e. The summed E-state index contributed by atoms with van der Waals surface area (Å²) in [6.45, 7) is 0.214. The number of para-hydroxylation sites is 1. The Kier molecular flexibility index (Phi) is 5.38. The molecule has 154 valence electrons. The average molecular weight is 406 g/mol. The van der Waals surface area contributed by atoms with Crippen LogP contribution in [0.1, 0.15) is 12.0 Å². The molecule has 4 amide bonds. The van der Waals surface area contributed by atoms with Gasteiger partial charge in [-0.05, 0) is 36.2 Å². The number of amides is 4. The molecule has 2 heterocycles. The Morgan fingerprint density at radius 3 is 2.80 bits per heavy atom. The van der Waals surface area contributed by atoms with E-state index in [1.165, 1.54) is 0 Å². The molecule has 1 aliphatic heterocycles. The topological polar surface area (TPSA) is 104 Å². The highest BCUT2D eigenvalue weighted by Crippen LogP contribution is 2.23. The zero-order valence-electron chi connectivity index (χ0n) is 16.5. The number of rotatable bonds is 7. The molecule has 30 heavy (non-hydrogen) atoms. The third-order valence-corrected chi connectivity index (χ3v) is 5.16. The van der Waals surface area contributed by atoms with Crippen molar-refractivity contribution in [2.45, 2.75) is 18.9 Å². The lowest BCUT2D eigenvalue weighted by atomic mass is 10.1. The summed E-state index contributed by atoms with van der Waals surface area (Å²) in [6.07, 6.45) is 2.13. The van der Waals surface area contributed by atoms with Gasteiger partial charge < -0.3 is 20.4 Å². The molecule has 1 atom stereocenters. The summed E-state index contributed by atoms with van der Waals surface area (Å²) >= 11 is 0. The lowest BCUT2D eigenvalue weighted by Crippen LogP contribution is -2.35. The lowest BCUT2D eigenvalue weighted by molar-refractivity contribution is -0.129. The van der Waals surface area contributed by atoms with E-state index in [-0.39, 0.29) is 18.9 Å². The second-order valence-electron chi connectivity index (χ2n) is 7.05. The quantitative estimate of drug-likeness (QED) is 0.525. The molecule has 0 spiro atoms. The molecule has 1 saturated heterocycles. The van der Waals surface area contributed by atoms with E-state index < -0.39 is 18.0 Å². The number of ether oxygens (including phenoxy) is 1. The fourth-order valence-corrected chi connectivity index (χ4v) is 3.65. The van der Waals surface area contributed by atoms with Crippen LogP contribution in [0.3, 0.4) is 0 Å². The highest BCUT2D eigenvalue weighted by Gasteiger charge is 2.38. The number of carbonyl (C=O) groups excluding carboxylic acids is 3. The first-order valence-corrected chi connectivity index (χ1v) is 9.66. The number of hydrogen-bond donors (Lipinski definition) is 3. The van der Waals surface area contributed by atoms with Gasteiger partial charge in [0.15, 0.2) is 0 Å². The Balaban J connectivity index is 1.37. The van der Waals surface area contributed by atoms with Crippen LogP contribution in [-0.2, 0) is 16.0 Å². The van der Waals surface area contributed by atoms with Crippen LogP contribution in [-0.4, -0.2) is 47.4 Å². The molecule has 1 aliphatic rings. The molecule has 0 aliphatic carbocycles. The molecule has 1 aromatic heterocycles. The Morgan fingerprint density at radius 2 is 1.97 bits per heavy atom. The van der Waals surface area contributed by atoms with E-state index in [0.29, 0.717) is 17.9 Å². The minimum absolute atomic E-state index is 0.128. The van der Waals surface area contributed by atoms with Crippen LogP contribution in [0.5, 0.6) is 5.75 Å². The Hall–Kier alpha value is -3.81. The predicted octanol–water partition coefficient (Wildman–Crippen LogP) is 2.67. The monoisotopic (exact) mass is 406 g/mol. The van der Waals surface area contributed by atoms with Crippen LogP contribution < -0.4 is 15.4 Å². The van der Waals surface area contributed by atoms with Gasteiger partial charge >= 0.3 is 6.03 Å². The van der Waals surface area contributed by atoms with Crippen LogP contribution in [0.2, 0.25) is 0 Å². The number of methoxy groups -OCH3 is 1. The molecule has 1 unspecified atom stereocenters. The maximum atomic E-state index is 12.7. The number of nitrogens with one attached hydrogen (secondary N) is 3. The first-order valence-electron chi connectivity index (χ1n) is 9.66. The predicted molar refractivity (Wildman–Crippen MR) is 112 cm³/mol. The maximum absolute atomic E-state index is 12.7. The summed E-state index contributed by atoms with van der Waals surface area (Å²) in [5, 5.41) is 6.31. The highest BCUT2D eigenvalue weighted by molar-refractivity contribution is 6.08. The first kappa shape index (κ1) is 19.5. The normalized spacial score (nSPS) is 16.0. The number of hydrogen-bond acceptors (Lipinski definition) is 4. The molecule has 2 aromatic carbocycles. The molecule has 1 fully saturated rings. The van der Waals surface area contributed by atoms with Crippen LogP contribution >= 0.6 is 0 Å². The van der Waals surface area contributed by atoms with Gasteiger partial charge in [-0.15, -0.1) is 0 Å². The van der Waals surface area contributed by atoms with E-state index in [1.807, 2.05) is 42.5 Å². The number of fused-ring (bicyclic) bond motifs is 1. The van der Waals surface area contributed by atoms with Crippen molar-refractivity contribution in [1.82, 2.24) is 15.2 Å². The smallest absolute Gasteiger partial charge is 0.324 e. The zero-order chi connectivity index (χ0) is 21.1. The number of H-pyrrole nitrogens is 1. The largest absolute Gasteiger partial charge is 0.496 e. The molecule has 3 aromatic rings. The third kappa shape index (κ3) is 3.84.